The monoisotopic (exact) mass is 237 g/mol. The van der Waals surface area contributed by atoms with Crippen LogP contribution in [0.3, 0.4) is 0 Å². The van der Waals surface area contributed by atoms with Crippen molar-refractivity contribution >= 4 is 17.5 Å². The van der Waals surface area contributed by atoms with E-state index in [2.05, 4.69) is 30.9 Å². The fraction of sp³-hybridized carbons (Fsp3) is 0.615. The Morgan fingerprint density at radius 2 is 2.19 bits per heavy atom. The van der Waals surface area contributed by atoms with Crippen LogP contribution in [0.5, 0.6) is 0 Å². The third kappa shape index (κ3) is 2.19. The zero-order valence-electron chi connectivity index (χ0n) is 10.2. The first-order chi connectivity index (χ1) is 7.53. The Morgan fingerprint density at radius 1 is 1.44 bits per heavy atom. The topological polar surface area (TPSA) is 22.0 Å². The van der Waals surface area contributed by atoms with Crippen LogP contribution in [0.1, 0.15) is 36.3 Å². The summed E-state index contributed by atoms with van der Waals surface area (Å²) >= 11 is 1.85. The highest BCUT2D eigenvalue weighted by Gasteiger charge is 2.32. The maximum absolute atomic E-state index is 12.0. The first kappa shape index (κ1) is 11.8. The van der Waals surface area contributed by atoms with Crippen LogP contribution >= 0.6 is 11.8 Å². The molecule has 1 aromatic rings. The molecule has 0 amide bonds. The summed E-state index contributed by atoms with van der Waals surface area (Å²) in [6.45, 7) is 5.37. The average Bonchev–Trinajstić information content (AvgIpc) is 2.56. The molecule has 1 heterocycles. The van der Waals surface area contributed by atoms with Crippen molar-refractivity contribution < 1.29 is 4.79 Å². The van der Waals surface area contributed by atoms with E-state index in [-0.39, 0.29) is 5.41 Å². The minimum Gasteiger partial charge on any atom is -0.350 e. The van der Waals surface area contributed by atoms with Crippen LogP contribution in [0.2, 0.25) is 0 Å². The average molecular weight is 237 g/mol. The number of aromatic nitrogens is 1. The van der Waals surface area contributed by atoms with Crippen molar-refractivity contribution in [2.75, 3.05) is 12.0 Å². The second-order valence-electron chi connectivity index (χ2n) is 5.30. The summed E-state index contributed by atoms with van der Waals surface area (Å²) in [7, 11) is 0. The number of aryl methyl sites for hydroxylation is 1. The quantitative estimate of drug-likeness (QED) is 0.806. The van der Waals surface area contributed by atoms with Gasteiger partial charge in [0.15, 0.2) is 5.78 Å². The molecule has 2 nitrogen and oxygen atoms in total. The maximum Gasteiger partial charge on any atom is 0.165 e. The number of fused-ring (bicyclic) bond motifs is 1. The van der Waals surface area contributed by atoms with Crippen LogP contribution in [0.4, 0.5) is 0 Å². The standard InChI is InChI=1S/C13H19NOS/c1-13(2)8-11-10(12(15)9-13)4-5-14(11)6-7-16-3/h4-5H,6-9H2,1-3H3. The Balaban J connectivity index is 2.30. The van der Waals surface area contributed by atoms with E-state index in [1.165, 1.54) is 5.69 Å². The Kier molecular flexibility index (Phi) is 3.15. The molecule has 0 aliphatic heterocycles. The molecule has 0 aromatic carbocycles. The van der Waals surface area contributed by atoms with Gasteiger partial charge in [-0.2, -0.15) is 11.8 Å². The number of ketones is 1. The second-order valence-corrected chi connectivity index (χ2v) is 6.29. The molecule has 0 saturated heterocycles. The highest BCUT2D eigenvalue weighted by atomic mass is 32.2. The fourth-order valence-corrected chi connectivity index (χ4v) is 2.78. The van der Waals surface area contributed by atoms with Gasteiger partial charge in [-0.15, -0.1) is 0 Å². The molecule has 3 heteroatoms. The van der Waals surface area contributed by atoms with Crippen LogP contribution in [-0.4, -0.2) is 22.4 Å². The van der Waals surface area contributed by atoms with Gasteiger partial charge in [0.2, 0.25) is 0 Å². The number of hydrogen-bond acceptors (Lipinski definition) is 2. The van der Waals surface area contributed by atoms with Crippen molar-refractivity contribution in [3.8, 4) is 0 Å². The predicted molar refractivity (Wildman–Crippen MR) is 69.2 cm³/mol. The summed E-state index contributed by atoms with van der Waals surface area (Å²) < 4.78 is 2.25. The Hall–Kier alpha value is -0.700. The van der Waals surface area contributed by atoms with E-state index < -0.39 is 0 Å². The van der Waals surface area contributed by atoms with Gasteiger partial charge in [0.1, 0.15) is 0 Å². The summed E-state index contributed by atoms with van der Waals surface area (Å²) in [5, 5.41) is 0. The number of thioether (sulfide) groups is 1. The van der Waals surface area contributed by atoms with Gasteiger partial charge in [-0.1, -0.05) is 13.8 Å². The number of Topliss-reactive ketones (excluding diaryl/α,β-unsaturated/α-hetero) is 1. The van der Waals surface area contributed by atoms with Gasteiger partial charge in [0.25, 0.3) is 0 Å². The number of rotatable bonds is 3. The normalized spacial score (nSPS) is 18.6. The highest BCUT2D eigenvalue weighted by Crippen LogP contribution is 2.35. The third-order valence-electron chi connectivity index (χ3n) is 3.20. The number of nitrogens with zero attached hydrogens (tertiary/aromatic N) is 1. The van der Waals surface area contributed by atoms with Crippen molar-refractivity contribution in [1.29, 1.82) is 0 Å². The lowest BCUT2D eigenvalue weighted by atomic mass is 9.76. The smallest absolute Gasteiger partial charge is 0.165 e. The molecule has 88 valence electrons. The zero-order valence-corrected chi connectivity index (χ0v) is 11.1. The van der Waals surface area contributed by atoms with Crippen LogP contribution in [0.15, 0.2) is 12.3 Å². The molecule has 0 bridgehead atoms. The molecule has 1 aliphatic rings. The largest absolute Gasteiger partial charge is 0.350 e. The van der Waals surface area contributed by atoms with E-state index in [4.69, 9.17) is 0 Å². The van der Waals surface area contributed by atoms with Crippen molar-refractivity contribution in [3.05, 3.63) is 23.5 Å². The van der Waals surface area contributed by atoms with Crippen molar-refractivity contribution in [2.45, 2.75) is 33.2 Å². The molecule has 2 rings (SSSR count). The van der Waals surface area contributed by atoms with Crippen molar-refractivity contribution in [2.24, 2.45) is 5.41 Å². The molecule has 0 atom stereocenters. The van der Waals surface area contributed by atoms with Gasteiger partial charge in [0.05, 0.1) is 0 Å². The molecular formula is C13H19NOS. The summed E-state index contributed by atoms with van der Waals surface area (Å²) in [5.74, 6) is 1.42. The molecule has 0 unspecified atom stereocenters. The highest BCUT2D eigenvalue weighted by molar-refractivity contribution is 7.98. The number of carbonyl (C=O) groups is 1. The predicted octanol–water partition coefficient (Wildman–Crippen LogP) is 3.01. The molecule has 0 spiro atoms. The SMILES string of the molecule is CSCCn1ccc2c1CC(C)(C)CC2=O. The van der Waals surface area contributed by atoms with Crippen molar-refractivity contribution in [1.82, 2.24) is 4.57 Å². The van der Waals surface area contributed by atoms with Gasteiger partial charge in [-0.3, -0.25) is 4.79 Å². The molecule has 0 N–H and O–H groups in total. The van der Waals surface area contributed by atoms with E-state index in [1.807, 2.05) is 17.8 Å². The van der Waals surface area contributed by atoms with E-state index >= 15 is 0 Å². The lowest BCUT2D eigenvalue weighted by Gasteiger charge is -2.29. The molecule has 16 heavy (non-hydrogen) atoms. The number of carbonyl (C=O) groups excluding carboxylic acids is 1. The van der Waals surface area contributed by atoms with E-state index in [9.17, 15) is 4.79 Å². The maximum atomic E-state index is 12.0. The minimum atomic E-state index is 0.125. The molecule has 0 saturated carbocycles. The first-order valence-electron chi connectivity index (χ1n) is 5.74. The summed E-state index contributed by atoms with van der Waals surface area (Å²) in [4.78, 5) is 12.0. The van der Waals surface area contributed by atoms with Gasteiger partial charge in [-0.25, -0.2) is 0 Å². The Bertz CT molecular complexity index is 406. The van der Waals surface area contributed by atoms with Gasteiger partial charge < -0.3 is 4.57 Å². The lowest BCUT2D eigenvalue weighted by molar-refractivity contribution is 0.0910. The molecule has 0 radical (unpaired) electrons. The molecule has 1 aliphatic carbocycles. The zero-order chi connectivity index (χ0) is 11.8. The van der Waals surface area contributed by atoms with Gasteiger partial charge >= 0.3 is 0 Å². The summed E-state index contributed by atoms with van der Waals surface area (Å²) in [6, 6.07) is 1.99. The van der Waals surface area contributed by atoms with Gasteiger partial charge in [-0.05, 0) is 24.2 Å². The number of hydrogen-bond donors (Lipinski definition) is 0. The van der Waals surface area contributed by atoms with Crippen LogP contribution in [0, 0.1) is 5.41 Å². The van der Waals surface area contributed by atoms with E-state index in [1.54, 1.807) is 0 Å². The van der Waals surface area contributed by atoms with E-state index in [0.29, 0.717) is 12.2 Å². The van der Waals surface area contributed by atoms with E-state index in [0.717, 1.165) is 24.3 Å². The molecule has 1 aromatic heterocycles. The molecule has 0 fully saturated rings. The Labute approximate surface area is 101 Å². The van der Waals surface area contributed by atoms with Crippen LogP contribution < -0.4 is 0 Å². The summed E-state index contributed by atoms with van der Waals surface area (Å²) in [6.07, 6.45) is 5.90. The van der Waals surface area contributed by atoms with Crippen LogP contribution in [0.25, 0.3) is 0 Å². The third-order valence-corrected chi connectivity index (χ3v) is 3.79. The van der Waals surface area contributed by atoms with Gasteiger partial charge in [0, 0.05) is 36.2 Å². The Morgan fingerprint density at radius 3 is 2.88 bits per heavy atom. The summed E-state index contributed by atoms with van der Waals surface area (Å²) in [5.41, 5.74) is 2.33. The second kappa shape index (κ2) is 4.28. The van der Waals surface area contributed by atoms with Crippen molar-refractivity contribution in [3.63, 3.8) is 0 Å². The molecular weight excluding hydrogens is 218 g/mol. The first-order valence-corrected chi connectivity index (χ1v) is 7.13. The fourth-order valence-electron chi connectivity index (χ4n) is 2.40. The minimum absolute atomic E-state index is 0.125. The lowest BCUT2D eigenvalue weighted by Crippen LogP contribution is -2.28. The van der Waals surface area contributed by atoms with Crippen LogP contribution in [-0.2, 0) is 13.0 Å².